The minimum absolute atomic E-state index is 0.355. The Bertz CT molecular complexity index is 482. The van der Waals surface area contributed by atoms with E-state index in [0.29, 0.717) is 23.4 Å². The van der Waals surface area contributed by atoms with Gasteiger partial charge in [0.05, 0.1) is 11.3 Å². The van der Waals surface area contributed by atoms with Crippen LogP contribution in [0.1, 0.15) is 35.7 Å². The minimum atomic E-state index is -0.416. The van der Waals surface area contributed by atoms with Gasteiger partial charge >= 0.3 is 0 Å². The summed E-state index contributed by atoms with van der Waals surface area (Å²) < 4.78 is 0. The van der Waals surface area contributed by atoms with Crippen LogP contribution >= 0.6 is 15.9 Å². The van der Waals surface area contributed by atoms with Gasteiger partial charge in [-0.15, -0.1) is 0 Å². The summed E-state index contributed by atoms with van der Waals surface area (Å²) in [5, 5.41) is 0.664. The van der Waals surface area contributed by atoms with E-state index < -0.39 is 5.91 Å². The zero-order chi connectivity index (χ0) is 12.6. The van der Waals surface area contributed by atoms with Gasteiger partial charge in [-0.3, -0.25) is 9.59 Å². The number of halogens is 1. The molecule has 1 heterocycles. The molecule has 17 heavy (non-hydrogen) atoms. The fraction of sp³-hybridized carbons (Fsp3) is 0.385. The molecule has 0 unspecified atom stereocenters. The third kappa shape index (κ3) is 2.02. The predicted octanol–water partition coefficient (Wildman–Crippen LogP) is 2.73. The maximum Gasteiger partial charge on any atom is 0.299 e. The van der Waals surface area contributed by atoms with E-state index in [1.165, 1.54) is 4.90 Å². The summed E-state index contributed by atoms with van der Waals surface area (Å²) in [6, 6.07) is 5.70. The molecule has 3 nitrogen and oxygen atoms in total. The second-order valence-corrected chi connectivity index (χ2v) is 5.20. The first kappa shape index (κ1) is 12.3. The van der Waals surface area contributed by atoms with Crippen molar-refractivity contribution in [2.75, 3.05) is 16.8 Å². The first-order valence-electron chi connectivity index (χ1n) is 5.62. The van der Waals surface area contributed by atoms with Crippen LogP contribution in [0.25, 0.3) is 0 Å². The lowest BCUT2D eigenvalue weighted by Gasteiger charge is -2.15. The van der Waals surface area contributed by atoms with E-state index in [1.54, 1.807) is 0 Å². The summed E-state index contributed by atoms with van der Waals surface area (Å²) in [6.45, 7) is 4.66. The number of fused-ring (bicyclic) bond motifs is 1. The SMILES string of the molecule is CC(C)c1ccc2c(c1)C(=O)C(=O)N2CCBr. The highest BCUT2D eigenvalue weighted by Crippen LogP contribution is 2.31. The molecule has 1 aliphatic heterocycles. The van der Waals surface area contributed by atoms with Gasteiger partial charge in [0, 0.05) is 11.9 Å². The van der Waals surface area contributed by atoms with Crippen molar-refractivity contribution < 1.29 is 9.59 Å². The van der Waals surface area contributed by atoms with Crippen LogP contribution in [0.5, 0.6) is 0 Å². The monoisotopic (exact) mass is 295 g/mol. The molecule has 0 radical (unpaired) electrons. The second-order valence-electron chi connectivity index (χ2n) is 4.41. The number of rotatable bonds is 3. The fourth-order valence-corrected chi connectivity index (χ4v) is 2.34. The van der Waals surface area contributed by atoms with Crippen LogP contribution in [-0.2, 0) is 4.79 Å². The van der Waals surface area contributed by atoms with Gasteiger partial charge < -0.3 is 4.90 Å². The van der Waals surface area contributed by atoms with E-state index in [-0.39, 0.29) is 5.78 Å². The lowest BCUT2D eigenvalue weighted by Crippen LogP contribution is -2.31. The largest absolute Gasteiger partial charge is 0.304 e. The number of hydrogen-bond donors (Lipinski definition) is 0. The number of alkyl halides is 1. The molecule has 90 valence electrons. The molecule has 0 saturated heterocycles. The lowest BCUT2D eigenvalue weighted by atomic mass is 9.99. The van der Waals surface area contributed by atoms with Crippen LogP contribution < -0.4 is 4.90 Å². The molecular weight excluding hydrogens is 282 g/mol. The highest BCUT2D eigenvalue weighted by molar-refractivity contribution is 9.09. The predicted molar refractivity (Wildman–Crippen MR) is 71.0 cm³/mol. The first-order valence-corrected chi connectivity index (χ1v) is 6.74. The zero-order valence-corrected chi connectivity index (χ0v) is 11.5. The van der Waals surface area contributed by atoms with E-state index in [2.05, 4.69) is 29.8 Å². The Hall–Kier alpha value is -1.16. The molecule has 0 fully saturated rings. The first-order chi connectivity index (χ1) is 8.06. The van der Waals surface area contributed by atoms with Crippen molar-refractivity contribution in [1.29, 1.82) is 0 Å². The van der Waals surface area contributed by atoms with Gasteiger partial charge in [0.15, 0.2) is 0 Å². The number of carbonyl (C=O) groups is 2. The Labute approximate surface area is 109 Å². The van der Waals surface area contributed by atoms with Gasteiger partial charge in [-0.05, 0) is 23.6 Å². The number of nitrogens with zero attached hydrogens (tertiary/aromatic N) is 1. The number of carbonyl (C=O) groups excluding carboxylic acids is 2. The molecule has 1 amide bonds. The summed E-state index contributed by atoms with van der Waals surface area (Å²) >= 11 is 3.29. The standard InChI is InChI=1S/C13H14BrNO2/c1-8(2)9-3-4-11-10(7-9)12(16)13(17)15(11)6-5-14/h3-4,7-8H,5-6H2,1-2H3. The van der Waals surface area contributed by atoms with E-state index in [4.69, 9.17) is 0 Å². The Morgan fingerprint density at radius 2 is 2.00 bits per heavy atom. The Kier molecular flexibility index (Phi) is 3.33. The normalized spacial score (nSPS) is 14.7. The molecule has 0 N–H and O–H groups in total. The van der Waals surface area contributed by atoms with Crippen molar-refractivity contribution in [2.45, 2.75) is 19.8 Å². The molecule has 4 heteroatoms. The van der Waals surface area contributed by atoms with E-state index in [9.17, 15) is 9.59 Å². The number of Topliss-reactive ketones (excluding diaryl/α,β-unsaturated/α-hetero) is 1. The molecule has 1 aliphatic rings. The van der Waals surface area contributed by atoms with Crippen molar-refractivity contribution in [3.8, 4) is 0 Å². The molecule has 0 spiro atoms. The number of ketones is 1. The molecular formula is C13H14BrNO2. The third-order valence-corrected chi connectivity index (χ3v) is 3.32. The summed E-state index contributed by atoms with van der Waals surface area (Å²) in [7, 11) is 0. The van der Waals surface area contributed by atoms with Crippen molar-refractivity contribution >= 4 is 33.3 Å². The molecule has 2 rings (SSSR count). The average Bonchev–Trinajstić information content (AvgIpc) is 2.54. The van der Waals surface area contributed by atoms with Gasteiger partial charge in [-0.25, -0.2) is 0 Å². The third-order valence-electron chi connectivity index (χ3n) is 2.97. The molecule has 1 aromatic rings. The zero-order valence-electron chi connectivity index (χ0n) is 9.87. The van der Waals surface area contributed by atoms with Gasteiger partial charge in [-0.2, -0.15) is 0 Å². The van der Waals surface area contributed by atoms with Crippen LogP contribution in [0.2, 0.25) is 0 Å². The average molecular weight is 296 g/mol. The van der Waals surface area contributed by atoms with Crippen LogP contribution in [0, 0.1) is 0 Å². The maximum absolute atomic E-state index is 11.9. The fourth-order valence-electron chi connectivity index (χ4n) is 1.98. The van der Waals surface area contributed by atoms with Gasteiger partial charge in [0.25, 0.3) is 11.7 Å². The summed E-state index contributed by atoms with van der Waals surface area (Å²) in [5.41, 5.74) is 2.37. The Morgan fingerprint density at radius 1 is 1.29 bits per heavy atom. The molecule has 0 aliphatic carbocycles. The molecule has 0 bridgehead atoms. The van der Waals surface area contributed by atoms with Gasteiger partial charge in [-0.1, -0.05) is 35.8 Å². The number of amides is 1. The van der Waals surface area contributed by atoms with Crippen LogP contribution in [0.4, 0.5) is 5.69 Å². The minimum Gasteiger partial charge on any atom is -0.304 e. The smallest absolute Gasteiger partial charge is 0.299 e. The Balaban J connectivity index is 2.47. The number of benzene rings is 1. The maximum atomic E-state index is 11.9. The van der Waals surface area contributed by atoms with E-state index in [1.807, 2.05) is 18.2 Å². The Morgan fingerprint density at radius 3 is 2.59 bits per heavy atom. The molecule has 0 atom stereocenters. The van der Waals surface area contributed by atoms with Crippen molar-refractivity contribution in [3.63, 3.8) is 0 Å². The van der Waals surface area contributed by atoms with E-state index in [0.717, 1.165) is 11.3 Å². The molecule has 1 aromatic carbocycles. The second kappa shape index (κ2) is 4.61. The topological polar surface area (TPSA) is 37.4 Å². The quantitative estimate of drug-likeness (QED) is 0.635. The summed E-state index contributed by atoms with van der Waals surface area (Å²) in [4.78, 5) is 25.2. The molecule has 0 saturated carbocycles. The van der Waals surface area contributed by atoms with Crippen LogP contribution in [-0.4, -0.2) is 23.6 Å². The summed E-state index contributed by atoms with van der Waals surface area (Å²) in [6.07, 6.45) is 0. The summed E-state index contributed by atoms with van der Waals surface area (Å²) in [5.74, 6) is -0.447. The highest BCUT2D eigenvalue weighted by atomic mass is 79.9. The lowest BCUT2D eigenvalue weighted by molar-refractivity contribution is -0.114. The highest BCUT2D eigenvalue weighted by Gasteiger charge is 2.35. The number of hydrogen-bond acceptors (Lipinski definition) is 2. The van der Waals surface area contributed by atoms with Crippen LogP contribution in [0.15, 0.2) is 18.2 Å². The van der Waals surface area contributed by atoms with Gasteiger partial charge in [0.2, 0.25) is 0 Å². The van der Waals surface area contributed by atoms with Crippen molar-refractivity contribution in [1.82, 2.24) is 0 Å². The van der Waals surface area contributed by atoms with Crippen molar-refractivity contribution in [3.05, 3.63) is 29.3 Å². The van der Waals surface area contributed by atoms with Gasteiger partial charge in [0.1, 0.15) is 0 Å². The molecule has 0 aromatic heterocycles. The van der Waals surface area contributed by atoms with Crippen molar-refractivity contribution in [2.24, 2.45) is 0 Å². The van der Waals surface area contributed by atoms with Crippen LogP contribution in [0.3, 0.4) is 0 Å². The number of anilines is 1. The van der Waals surface area contributed by atoms with E-state index >= 15 is 0 Å².